The molecule has 2 rings (SSSR count). The van der Waals surface area contributed by atoms with Gasteiger partial charge in [0.1, 0.15) is 5.75 Å². The zero-order chi connectivity index (χ0) is 14.7. The Morgan fingerprint density at radius 3 is 2.55 bits per heavy atom. The first-order valence-corrected chi connectivity index (χ1v) is 7.95. The van der Waals surface area contributed by atoms with Gasteiger partial charge in [0.25, 0.3) is 0 Å². The van der Waals surface area contributed by atoms with Gasteiger partial charge in [0.2, 0.25) is 0 Å². The minimum absolute atomic E-state index is 0.628. The van der Waals surface area contributed by atoms with Gasteiger partial charge in [-0.1, -0.05) is 25.8 Å². The second kappa shape index (κ2) is 6.62. The molecule has 0 spiro atoms. The molecule has 1 aliphatic rings. The number of ether oxygens (including phenoxy) is 1. The third-order valence-electron chi connectivity index (χ3n) is 5.17. The molecule has 3 unspecified atom stereocenters. The van der Waals surface area contributed by atoms with Crippen molar-refractivity contribution < 1.29 is 4.74 Å². The molecule has 2 N–H and O–H groups in total. The summed E-state index contributed by atoms with van der Waals surface area (Å²) >= 11 is 0. The molecule has 1 saturated carbocycles. The fourth-order valence-corrected chi connectivity index (χ4v) is 3.79. The van der Waals surface area contributed by atoms with Gasteiger partial charge < -0.3 is 10.5 Å². The highest BCUT2D eigenvalue weighted by atomic mass is 16.5. The number of rotatable bonds is 4. The topological polar surface area (TPSA) is 35.2 Å². The SMILES string of the molecule is CCC1CCC(CN)C(c2cc(C)c(OC)cc2C)C1. The quantitative estimate of drug-likeness (QED) is 0.894. The minimum atomic E-state index is 0.628. The molecule has 0 amide bonds. The van der Waals surface area contributed by atoms with E-state index >= 15 is 0 Å². The number of hydrogen-bond acceptors (Lipinski definition) is 2. The van der Waals surface area contributed by atoms with Gasteiger partial charge in [0, 0.05) is 0 Å². The van der Waals surface area contributed by atoms with Gasteiger partial charge in [0.15, 0.2) is 0 Å². The average Bonchev–Trinajstić information content (AvgIpc) is 2.48. The van der Waals surface area contributed by atoms with Crippen molar-refractivity contribution in [1.29, 1.82) is 0 Å². The highest BCUT2D eigenvalue weighted by molar-refractivity contribution is 5.43. The molecule has 0 heterocycles. The molecular formula is C18H29NO. The normalized spacial score (nSPS) is 26.6. The fourth-order valence-electron chi connectivity index (χ4n) is 3.79. The summed E-state index contributed by atoms with van der Waals surface area (Å²) in [5.74, 6) is 3.13. The van der Waals surface area contributed by atoms with E-state index < -0.39 is 0 Å². The third-order valence-corrected chi connectivity index (χ3v) is 5.17. The lowest BCUT2D eigenvalue weighted by atomic mass is 9.69. The van der Waals surface area contributed by atoms with Crippen LogP contribution in [-0.2, 0) is 0 Å². The standard InChI is InChI=1S/C18H29NO/c1-5-14-6-7-15(11-19)17(10-14)16-8-13(3)18(20-4)9-12(16)2/h8-9,14-15,17H,5-7,10-11,19H2,1-4H3. The molecule has 2 heteroatoms. The van der Waals surface area contributed by atoms with Crippen molar-refractivity contribution >= 4 is 0 Å². The van der Waals surface area contributed by atoms with E-state index in [2.05, 4.69) is 32.9 Å². The maximum atomic E-state index is 6.04. The molecule has 0 aliphatic heterocycles. The van der Waals surface area contributed by atoms with Crippen LogP contribution < -0.4 is 10.5 Å². The Hall–Kier alpha value is -1.02. The lowest BCUT2D eigenvalue weighted by molar-refractivity contribution is 0.235. The van der Waals surface area contributed by atoms with Gasteiger partial charge in [-0.2, -0.15) is 0 Å². The molecule has 0 aromatic heterocycles. The largest absolute Gasteiger partial charge is 0.496 e. The molecule has 3 atom stereocenters. The van der Waals surface area contributed by atoms with Crippen molar-refractivity contribution in [1.82, 2.24) is 0 Å². The monoisotopic (exact) mass is 275 g/mol. The number of methoxy groups -OCH3 is 1. The zero-order valence-electron chi connectivity index (χ0n) is 13.4. The Kier molecular flexibility index (Phi) is 5.09. The van der Waals surface area contributed by atoms with Gasteiger partial charge in [-0.3, -0.25) is 0 Å². The van der Waals surface area contributed by atoms with Crippen molar-refractivity contribution in [2.75, 3.05) is 13.7 Å². The van der Waals surface area contributed by atoms with E-state index in [1.807, 2.05) is 0 Å². The van der Waals surface area contributed by atoms with Crippen LogP contribution in [0.3, 0.4) is 0 Å². The molecule has 112 valence electrons. The van der Waals surface area contributed by atoms with Gasteiger partial charge in [-0.15, -0.1) is 0 Å². The Bertz CT molecular complexity index is 455. The van der Waals surface area contributed by atoms with Crippen LogP contribution in [0, 0.1) is 25.7 Å². The smallest absolute Gasteiger partial charge is 0.122 e. The summed E-state index contributed by atoms with van der Waals surface area (Å²) < 4.78 is 5.44. The summed E-state index contributed by atoms with van der Waals surface area (Å²) in [4.78, 5) is 0. The lowest BCUT2D eigenvalue weighted by Crippen LogP contribution is -2.29. The summed E-state index contributed by atoms with van der Waals surface area (Å²) in [6.45, 7) is 7.47. The molecule has 2 nitrogen and oxygen atoms in total. The van der Waals surface area contributed by atoms with E-state index in [0.717, 1.165) is 18.2 Å². The highest BCUT2D eigenvalue weighted by Crippen LogP contribution is 2.43. The Morgan fingerprint density at radius 1 is 1.20 bits per heavy atom. The van der Waals surface area contributed by atoms with Crippen LogP contribution in [0.1, 0.15) is 55.2 Å². The molecule has 0 saturated heterocycles. The third kappa shape index (κ3) is 3.01. The first-order chi connectivity index (χ1) is 9.60. The number of nitrogens with two attached hydrogens (primary N) is 1. The van der Waals surface area contributed by atoms with Crippen LogP contribution in [-0.4, -0.2) is 13.7 Å². The van der Waals surface area contributed by atoms with Crippen molar-refractivity contribution in [3.8, 4) is 5.75 Å². The van der Waals surface area contributed by atoms with Gasteiger partial charge in [-0.25, -0.2) is 0 Å². The molecule has 1 aromatic carbocycles. The van der Waals surface area contributed by atoms with E-state index in [1.54, 1.807) is 7.11 Å². The van der Waals surface area contributed by atoms with E-state index in [4.69, 9.17) is 10.5 Å². The molecule has 1 aromatic rings. The molecule has 0 bridgehead atoms. The van der Waals surface area contributed by atoms with E-state index in [-0.39, 0.29) is 0 Å². The maximum absolute atomic E-state index is 6.04. The Balaban J connectivity index is 2.34. The molecule has 20 heavy (non-hydrogen) atoms. The number of benzene rings is 1. The van der Waals surface area contributed by atoms with Crippen LogP contribution in [0.5, 0.6) is 5.75 Å². The second-order valence-corrected chi connectivity index (χ2v) is 6.37. The van der Waals surface area contributed by atoms with Crippen molar-refractivity contribution in [3.05, 3.63) is 28.8 Å². The van der Waals surface area contributed by atoms with Gasteiger partial charge in [0.05, 0.1) is 7.11 Å². The number of aryl methyl sites for hydroxylation is 2. The van der Waals surface area contributed by atoms with E-state index in [0.29, 0.717) is 11.8 Å². The van der Waals surface area contributed by atoms with Gasteiger partial charge >= 0.3 is 0 Å². The second-order valence-electron chi connectivity index (χ2n) is 6.37. The van der Waals surface area contributed by atoms with Crippen molar-refractivity contribution in [2.45, 2.75) is 52.4 Å². The predicted molar refractivity (Wildman–Crippen MR) is 85.4 cm³/mol. The fraction of sp³-hybridized carbons (Fsp3) is 0.667. The van der Waals surface area contributed by atoms with Crippen LogP contribution >= 0.6 is 0 Å². The first kappa shape index (κ1) is 15.4. The van der Waals surface area contributed by atoms with Crippen LogP contribution in [0.2, 0.25) is 0 Å². The zero-order valence-corrected chi connectivity index (χ0v) is 13.4. The van der Waals surface area contributed by atoms with Gasteiger partial charge in [-0.05, 0) is 73.7 Å². The summed E-state index contributed by atoms with van der Waals surface area (Å²) in [5, 5.41) is 0. The summed E-state index contributed by atoms with van der Waals surface area (Å²) in [7, 11) is 1.75. The van der Waals surface area contributed by atoms with Crippen molar-refractivity contribution in [3.63, 3.8) is 0 Å². The minimum Gasteiger partial charge on any atom is -0.496 e. The summed E-state index contributed by atoms with van der Waals surface area (Å²) in [6.07, 6.45) is 5.22. The molecule has 0 radical (unpaired) electrons. The Labute approximate surface area is 123 Å². The summed E-state index contributed by atoms with van der Waals surface area (Å²) in [6, 6.07) is 4.52. The van der Waals surface area contributed by atoms with E-state index in [9.17, 15) is 0 Å². The molecule has 1 fully saturated rings. The van der Waals surface area contributed by atoms with Crippen LogP contribution in [0.15, 0.2) is 12.1 Å². The molecule has 1 aliphatic carbocycles. The number of hydrogen-bond donors (Lipinski definition) is 1. The Morgan fingerprint density at radius 2 is 1.95 bits per heavy atom. The van der Waals surface area contributed by atoms with Crippen LogP contribution in [0.4, 0.5) is 0 Å². The first-order valence-electron chi connectivity index (χ1n) is 7.95. The predicted octanol–water partition coefficient (Wildman–Crippen LogP) is 4.18. The van der Waals surface area contributed by atoms with Crippen LogP contribution in [0.25, 0.3) is 0 Å². The molecular weight excluding hydrogens is 246 g/mol. The maximum Gasteiger partial charge on any atom is 0.122 e. The highest BCUT2D eigenvalue weighted by Gasteiger charge is 2.31. The van der Waals surface area contributed by atoms with E-state index in [1.165, 1.54) is 42.4 Å². The lowest BCUT2D eigenvalue weighted by Gasteiger charge is -2.36. The summed E-state index contributed by atoms with van der Waals surface area (Å²) in [5.41, 5.74) is 10.1. The van der Waals surface area contributed by atoms with Crippen molar-refractivity contribution in [2.24, 2.45) is 17.6 Å². The average molecular weight is 275 g/mol.